The van der Waals surface area contributed by atoms with Crippen molar-refractivity contribution in [3.8, 4) is 0 Å². The third-order valence-corrected chi connectivity index (χ3v) is 0.687. The fourth-order valence-electron chi connectivity index (χ4n) is 0.226. The Balaban J connectivity index is 0. The maximum atomic E-state index is 8.35. The molecule has 0 aromatic carbocycles. The van der Waals surface area contributed by atoms with Gasteiger partial charge in [-0.25, -0.2) is 0 Å². The number of hydrogen-bond donors (Lipinski definition) is 2. The Hall–Kier alpha value is 1.38. The second-order valence-corrected chi connectivity index (χ2v) is 2.22. The number of aliphatic hydroxyl groups excluding tert-OH is 2. The predicted octanol–water partition coefficient (Wildman–Crippen LogP) is 0.393. The normalized spacial score (nSPS) is 8.00. The summed E-state index contributed by atoms with van der Waals surface area (Å²) in [6, 6.07) is 0. The maximum absolute atomic E-state index is 8.35. The van der Waals surface area contributed by atoms with E-state index in [1.54, 1.807) is 0 Å². The van der Waals surface area contributed by atoms with Crippen molar-refractivity contribution in [3.63, 3.8) is 0 Å². The zero-order valence-corrected chi connectivity index (χ0v) is 10.3. The van der Waals surface area contributed by atoms with Gasteiger partial charge in [-0.05, 0) is 24.4 Å². The van der Waals surface area contributed by atoms with Gasteiger partial charge in [0.2, 0.25) is 0 Å². The van der Waals surface area contributed by atoms with Crippen LogP contribution in [0.15, 0.2) is 0 Å². The summed E-state index contributed by atoms with van der Waals surface area (Å²) < 4.78 is 4.57. The van der Waals surface area contributed by atoms with Crippen molar-refractivity contribution in [1.82, 2.24) is 0 Å². The van der Waals surface area contributed by atoms with Crippen molar-refractivity contribution in [2.45, 2.75) is 0 Å². The molecule has 0 saturated heterocycles. The van der Waals surface area contributed by atoms with Crippen LogP contribution in [0.25, 0.3) is 0 Å². The summed E-state index contributed by atoms with van der Waals surface area (Å²) in [4.78, 5) is 0. The summed E-state index contributed by atoms with van der Waals surface area (Å²) in [5.41, 5.74) is 0. The van der Waals surface area contributed by atoms with E-state index >= 15 is 0 Å². The molecule has 0 aliphatic carbocycles. The Morgan fingerprint density at radius 1 is 1.10 bits per heavy atom. The van der Waals surface area contributed by atoms with Crippen molar-refractivity contribution in [3.05, 3.63) is 0 Å². The van der Waals surface area contributed by atoms with Gasteiger partial charge in [-0.1, -0.05) is 0 Å². The van der Waals surface area contributed by atoms with Gasteiger partial charge in [0.1, 0.15) is 13.2 Å². The van der Waals surface area contributed by atoms with Crippen LogP contribution in [-0.2, 0) is 4.74 Å². The summed E-state index contributed by atoms with van der Waals surface area (Å²) in [5, 5.41) is 16.2. The van der Waals surface area contributed by atoms with E-state index in [0.717, 1.165) is 0 Å². The van der Waals surface area contributed by atoms with E-state index in [4.69, 9.17) is 10.2 Å². The summed E-state index contributed by atoms with van der Waals surface area (Å²) >= 11 is 8.51. The van der Waals surface area contributed by atoms with E-state index < -0.39 is 0 Å². The monoisotopic (exact) mass is 205 g/mol. The molecule has 1 radical (unpaired) electrons. The average molecular weight is 205 g/mol. The van der Waals surface area contributed by atoms with E-state index in [9.17, 15) is 0 Å². The summed E-state index contributed by atoms with van der Waals surface area (Å²) in [6.45, 7) is -0.119. The first-order chi connectivity index (χ1) is 4.13. The Kier molecular flexibility index (Phi) is 11.8. The third kappa shape index (κ3) is 12.1. The molecule has 0 heterocycles. The number of rotatable bonds is 4. The number of hydrogen-bond acceptors (Lipinski definition) is 3. The summed E-state index contributed by atoms with van der Waals surface area (Å²) in [5.74, 6) is 0. The van der Waals surface area contributed by atoms with E-state index in [1.807, 2.05) is 0 Å². The van der Waals surface area contributed by atoms with E-state index in [2.05, 4.69) is 29.2 Å². The first kappa shape index (κ1) is 13.9. The van der Waals surface area contributed by atoms with Crippen LogP contribution in [0, 0.1) is 0 Å². The smallest absolute Gasteiger partial charge is 0.183 e. The molecule has 10 heavy (non-hydrogen) atoms. The molecular weight excluding hydrogens is 199 g/mol. The van der Waals surface area contributed by atoms with Crippen LogP contribution in [0.3, 0.4) is 0 Å². The fourth-order valence-corrected chi connectivity index (χ4v) is 0.392. The van der Waals surface area contributed by atoms with Gasteiger partial charge >= 0.3 is 0 Å². The molecule has 6 heteroatoms. The molecule has 0 saturated carbocycles. The van der Waals surface area contributed by atoms with Crippen LogP contribution in [0.2, 0.25) is 0 Å². The average Bonchev–Trinajstić information content (AvgIpc) is 1.63. The van der Waals surface area contributed by atoms with Gasteiger partial charge < -0.3 is 14.9 Å². The van der Waals surface area contributed by atoms with Gasteiger partial charge in [-0.2, -0.15) is 0 Å². The zero-order valence-electron chi connectivity index (χ0n) is 5.53. The van der Waals surface area contributed by atoms with Crippen molar-refractivity contribution in [2.75, 3.05) is 13.2 Å². The molecule has 0 rings (SSSR count). The van der Waals surface area contributed by atoms with Gasteiger partial charge in [-0.15, -0.1) is 0 Å². The molecule has 0 fully saturated rings. The van der Waals surface area contributed by atoms with Crippen LogP contribution in [-0.4, -0.2) is 84.9 Å². The van der Waals surface area contributed by atoms with Crippen LogP contribution in [0.1, 0.15) is 0 Å². The van der Waals surface area contributed by atoms with Gasteiger partial charge in [0.05, 0.1) is 0 Å². The van der Waals surface area contributed by atoms with Crippen LogP contribution >= 0.6 is 24.4 Å². The molecule has 0 aromatic rings. The predicted molar refractivity (Wildman–Crippen MR) is 47.0 cm³/mol. The number of ether oxygens (including phenoxy) is 1. The Bertz CT molecular complexity index is 114. The van der Waals surface area contributed by atoms with Gasteiger partial charge in [0.15, 0.2) is 10.1 Å². The van der Waals surface area contributed by atoms with E-state index in [0.29, 0.717) is 0 Å². The molecule has 0 aliphatic heterocycles. The topological polar surface area (TPSA) is 49.7 Å². The molecule has 0 bridgehead atoms. The molecule has 53 valence electrons. The van der Waals surface area contributed by atoms with E-state index in [-0.39, 0.29) is 74.7 Å². The minimum atomic E-state index is -0.244. The molecule has 3 nitrogen and oxygen atoms in total. The number of thiocarbonyl (C=S) groups is 2. The molecular formula is C4H6KO3S2. The van der Waals surface area contributed by atoms with Gasteiger partial charge in [0, 0.05) is 51.4 Å². The zero-order chi connectivity index (χ0) is 7.28. The molecule has 0 spiro atoms. The number of aliphatic hydroxyl groups is 2. The second kappa shape index (κ2) is 8.47. The maximum Gasteiger partial charge on any atom is 0.183 e. The van der Waals surface area contributed by atoms with Crippen LogP contribution < -0.4 is 0 Å². The SMILES string of the molecule is OC(=S)COCC(O)=S.[K]. The molecule has 0 aliphatic rings. The Morgan fingerprint density at radius 2 is 1.40 bits per heavy atom. The molecule has 0 atom stereocenters. The molecule has 0 unspecified atom stereocenters. The summed E-state index contributed by atoms with van der Waals surface area (Å²) in [6.07, 6.45) is 0. The first-order valence-electron chi connectivity index (χ1n) is 2.14. The molecule has 0 amide bonds. The quantitative estimate of drug-likeness (QED) is 0.514. The summed E-state index contributed by atoms with van der Waals surface area (Å²) in [7, 11) is 0. The van der Waals surface area contributed by atoms with Crippen molar-refractivity contribution < 1.29 is 14.9 Å². The Morgan fingerprint density at radius 3 is 1.60 bits per heavy atom. The fraction of sp³-hybridized carbons (Fsp3) is 0.500. The van der Waals surface area contributed by atoms with Crippen molar-refractivity contribution in [2.24, 2.45) is 0 Å². The minimum Gasteiger partial charge on any atom is -0.500 e. The van der Waals surface area contributed by atoms with Crippen LogP contribution in [0.5, 0.6) is 0 Å². The largest absolute Gasteiger partial charge is 0.500 e. The Labute approximate surface area is 112 Å². The molecule has 2 N–H and O–H groups in total. The van der Waals surface area contributed by atoms with Crippen molar-refractivity contribution >= 4 is 85.9 Å². The third-order valence-electron chi connectivity index (χ3n) is 0.451. The molecule has 0 aromatic heterocycles. The second-order valence-electron chi connectivity index (χ2n) is 1.28. The first-order valence-corrected chi connectivity index (χ1v) is 2.96. The van der Waals surface area contributed by atoms with Crippen LogP contribution in [0.4, 0.5) is 0 Å². The minimum absolute atomic E-state index is 0. The standard InChI is InChI=1S/C4H6O3S2.K/c5-3(8)1-7-2-4(6)9;/h1-2H2,(H,5,8)(H,6,9);. The van der Waals surface area contributed by atoms with Gasteiger partial charge in [0.25, 0.3) is 0 Å². The van der Waals surface area contributed by atoms with Gasteiger partial charge in [-0.3, -0.25) is 0 Å². The van der Waals surface area contributed by atoms with E-state index in [1.165, 1.54) is 0 Å². The van der Waals surface area contributed by atoms with Crippen molar-refractivity contribution in [1.29, 1.82) is 0 Å².